The number of anilines is 1. The maximum absolute atomic E-state index is 12.1. The molecular weight excluding hydrogens is 328 g/mol. The summed E-state index contributed by atoms with van der Waals surface area (Å²) < 4.78 is 0. The molecule has 0 saturated carbocycles. The summed E-state index contributed by atoms with van der Waals surface area (Å²) in [4.78, 5) is 12.8. The summed E-state index contributed by atoms with van der Waals surface area (Å²) in [6, 6.07) is 15.7. The molecular formula is C18H17ClN2OS. The molecule has 1 aliphatic rings. The Morgan fingerprint density at radius 2 is 2.04 bits per heavy atom. The SMILES string of the molecule is CCc1ccc(N[C@H]2NC(=O)/C(=C/c3cccc(Cl)c3)S2)cc1. The second kappa shape index (κ2) is 7.11. The topological polar surface area (TPSA) is 41.1 Å². The van der Waals surface area contributed by atoms with Gasteiger partial charge in [-0.3, -0.25) is 4.79 Å². The molecule has 1 saturated heterocycles. The lowest BCUT2D eigenvalue weighted by atomic mass is 10.1. The van der Waals surface area contributed by atoms with Crippen molar-refractivity contribution in [3.05, 3.63) is 69.6 Å². The summed E-state index contributed by atoms with van der Waals surface area (Å²) in [5.41, 5.74) is 3.03. The highest BCUT2D eigenvalue weighted by Crippen LogP contribution is 2.30. The molecule has 1 aliphatic heterocycles. The number of carbonyl (C=O) groups is 1. The molecule has 0 aromatic heterocycles. The van der Waals surface area contributed by atoms with Crippen molar-refractivity contribution in [2.45, 2.75) is 18.8 Å². The number of hydrogen-bond acceptors (Lipinski definition) is 3. The standard InChI is InChI=1S/C18H17ClN2OS/c1-2-12-6-8-15(9-7-12)20-18-21-17(22)16(23-18)11-13-4-3-5-14(19)10-13/h3-11,18,20H,2H2,1H3,(H,21,22)/b16-11-/t18-/m0/s1. The number of nitrogens with one attached hydrogen (secondary N) is 2. The van der Waals surface area contributed by atoms with Gasteiger partial charge in [0.25, 0.3) is 5.91 Å². The normalized spacial score (nSPS) is 19.0. The smallest absolute Gasteiger partial charge is 0.260 e. The van der Waals surface area contributed by atoms with Crippen molar-refractivity contribution in [1.82, 2.24) is 5.32 Å². The number of rotatable bonds is 4. The van der Waals surface area contributed by atoms with Crippen LogP contribution in [0.4, 0.5) is 5.69 Å². The number of amides is 1. The fourth-order valence-corrected chi connectivity index (χ4v) is 3.48. The van der Waals surface area contributed by atoms with Gasteiger partial charge in [0.15, 0.2) is 5.50 Å². The Hall–Kier alpha value is -1.91. The molecule has 2 N–H and O–H groups in total. The highest BCUT2D eigenvalue weighted by Gasteiger charge is 2.27. The van der Waals surface area contributed by atoms with Crippen molar-refractivity contribution in [3.8, 4) is 0 Å². The van der Waals surface area contributed by atoms with Gasteiger partial charge in [-0.15, -0.1) is 0 Å². The van der Waals surface area contributed by atoms with E-state index < -0.39 is 0 Å². The Bertz CT molecular complexity index is 743. The van der Waals surface area contributed by atoms with Gasteiger partial charge in [0.05, 0.1) is 4.91 Å². The Balaban J connectivity index is 1.69. The summed E-state index contributed by atoms with van der Waals surface area (Å²) in [5.74, 6) is -0.0716. The van der Waals surface area contributed by atoms with E-state index in [1.54, 1.807) is 0 Å². The first-order valence-corrected chi connectivity index (χ1v) is 8.70. The van der Waals surface area contributed by atoms with E-state index in [1.165, 1.54) is 17.3 Å². The Morgan fingerprint density at radius 1 is 1.26 bits per heavy atom. The van der Waals surface area contributed by atoms with E-state index in [9.17, 15) is 4.79 Å². The van der Waals surface area contributed by atoms with E-state index in [1.807, 2.05) is 42.5 Å². The van der Waals surface area contributed by atoms with Crippen LogP contribution in [-0.2, 0) is 11.2 Å². The maximum Gasteiger partial charge on any atom is 0.260 e. The third kappa shape index (κ3) is 4.09. The van der Waals surface area contributed by atoms with Gasteiger partial charge in [0.1, 0.15) is 0 Å². The molecule has 0 unspecified atom stereocenters. The van der Waals surface area contributed by atoms with Crippen LogP contribution in [0.5, 0.6) is 0 Å². The van der Waals surface area contributed by atoms with Crippen molar-refractivity contribution in [2.75, 3.05) is 5.32 Å². The monoisotopic (exact) mass is 344 g/mol. The molecule has 0 aliphatic carbocycles. The fraction of sp³-hybridized carbons (Fsp3) is 0.167. The minimum absolute atomic E-state index is 0.0716. The summed E-state index contributed by atoms with van der Waals surface area (Å²) in [5, 5.41) is 6.90. The van der Waals surface area contributed by atoms with Crippen molar-refractivity contribution in [2.24, 2.45) is 0 Å². The van der Waals surface area contributed by atoms with Crippen molar-refractivity contribution in [1.29, 1.82) is 0 Å². The van der Waals surface area contributed by atoms with Gasteiger partial charge < -0.3 is 10.6 Å². The van der Waals surface area contributed by atoms with Crippen LogP contribution in [0.3, 0.4) is 0 Å². The highest BCUT2D eigenvalue weighted by molar-refractivity contribution is 8.05. The molecule has 1 heterocycles. The lowest BCUT2D eigenvalue weighted by Gasteiger charge is -2.12. The largest absolute Gasteiger partial charge is 0.357 e. The second-order valence-electron chi connectivity index (χ2n) is 5.23. The van der Waals surface area contributed by atoms with Crippen molar-refractivity contribution >= 4 is 41.0 Å². The lowest BCUT2D eigenvalue weighted by molar-refractivity contribution is -0.116. The average molecular weight is 345 g/mol. The third-order valence-corrected chi connectivity index (χ3v) is 4.80. The van der Waals surface area contributed by atoms with Gasteiger partial charge >= 0.3 is 0 Å². The first-order chi connectivity index (χ1) is 11.1. The minimum atomic E-state index is -0.166. The average Bonchev–Trinajstić information content (AvgIpc) is 2.87. The van der Waals surface area contributed by atoms with E-state index in [0.717, 1.165) is 17.7 Å². The zero-order valence-electron chi connectivity index (χ0n) is 12.7. The van der Waals surface area contributed by atoms with E-state index in [0.29, 0.717) is 9.93 Å². The summed E-state index contributed by atoms with van der Waals surface area (Å²) in [6.45, 7) is 2.13. The van der Waals surface area contributed by atoms with Crippen molar-refractivity contribution in [3.63, 3.8) is 0 Å². The number of thioether (sulfide) groups is 1. The molecule has 0 spiro atoms. The van der Waals surface area contributed by atoms with Gasteiger partial charge in [-0.2, -0.15) is 0 Å². The molecule has 2 aromatic rings. The Morgan fingerprint density at radius 3 is 2.74 bits per heavy atom. The zero-order valence-corrected chi connectivity index (χ0v) is 14.2. The molecule has 0 radical (unpaired) electrons. The predicted octanol–water partition coefficient (Wildman–Crippen LogP) is 4.50. The molecule has 118 valence electrons. The first-order valence-electron chi connectivity index (χ1n) is 7.44. The Kier molecular flexibility index (Phi) is 4.94. The number of hydrogen-bond donors (Lipinski definition) is 2. The Labute approximate surface area is 145 Å². The van der Waals surface area contributed by atoms with E-state index in [-0.39, 0.29) is 11.4 Å². The fourth-order valence-electron chi connectivity index (χ4n) is 2.30. The summed E-state index contributed by atoms with van der Waals surface area (Å²) in [6.07, 6.45) is 2.87. The zero-order chi connectivity index (χ0) is 16.2. The molecule has 1 atom stereocenters. The van der Waals surface area contributed by atoms with Crippen LogP contribution in [0.15, 0.2) is 53.4 Å². The molecule has 1 fully saturated rings. The van der Waals surface area contributed by atoms with E-state index in [2.05, 4.69) is 29.7 Å². The molecule has 3 nitrogen and oxygen atoms in total. The van der Waals surface area contributed by atoms with Crippen molar-refractivity contribution < 1.29 is 4.79 Å². The molecule has 5 heteroatoms. The van der Waals surface area contributed by atoms with Crippen LogP contribution >= 0.6 is 23.4 Å². The minimum Gasteiger partial charge on any atom is -0.357 e. The molecule has 1 amide bonds. The highest BCUT2D eigenvalue weighted by atomic mass is 35.5. The second-order valence-corrected chi connectivity index (χ2v) is 6.81. The third-order valence-electron chi connectivity index (χ3n) is 3.54. The van der Waals surface area contributed by atoms with Gasteiger partial charge in [-0.1, -0.05) is 54.6 Å². The van der Waals surface area contributed by atoms with Gasteiger partial charge in [-0.25, -0.2) is 0 Å². The first kappa shape index (κ1) is 16.0. The maximum atomic E-state index is 12.1. The lowest BCUT2D eigenvalue weighted by Crippen LogP contribution is -2.30. The molecule has 23 heavy (non-hydrogen) atoms. The van der Waals surface area contributed by atoms with Crippen LogP contribution < -0.4 is 10.6 Å². The van der Waals surface area contributed by atoms with Gasteiger partial charge in [-0.05, 0) is 47.9 Å². The van der Waals surface area contributed by atoms with E-state index >= 15 is 0 Å². The summed E-state index contributed by atoms with van der Waals surface area (Å²) >= 11 is 7.45. The van der Waals surface area contributed by atoms with E-state index in [4.69, 9.17) is 11.6 Å². The number of halogens is 1. The molecule has 0 bridgehead atoms. The summed E-state index contributed by atoms with van der Waals surface area (Å²) in [7, 11) is 0. The molecule has 2 aromatic carbocycles. The number of benzene rings is 2. The van der Waals surface area contributed by atoms with Crippen LogP contribution in [0.2, 0.25) is 5.02 Å². The number of carbonyl (C=O) groups excluding carboxylic acids is 1. The van der Waals surface area contributed by atoms with Crippen LogP contribution in [-0.4, -0.2) is 11.4 Å². The van der Waals surface area contributed by atoms with Crippen LogP contribution in [0.1, 0.15) is 18.1 Å². The predicted molar refractivity (Wildman–Crippen MR) is 98.4 cm³/mol. The molecule has 3 rings (SSSR count). The van der Waals surface area contributed by atoms with Crippen LogP contribution in [0.25, 0.3) is 6.08 Å². The quantitative estimate of drug-likeness (QED) is 0.802. The van der Waals surface area contributed by atoms with Crippen LogP contribution in [0, 0.1) is 0 Å². The number of aryl methyl sites for hydroxylation is 1. The van der Waals surface area contributed by atoms with Gasteiger partial charge in [0.2, 0.25) is 0 Å². The van der Waals surface area contributed by atoms with Gasteiger partial charge in [0, 0.05) is 10.7 Å².